The number of phenolic OH excluding ortho intramolecular Hbond substituents is 1. The smallest absolute Gasteiger partial charge is 0.416 e. The van der Waals surface area contributed by atoms with E-state index in [1.165, 1.54) is 6.92 Å². The minimum Gasteiger partial charge on any atom is -0.507 e. The number of aryl methyl sites for hydroxylation is 1. The number of H-pyrrole nitrogens is 1. The summed E-state index contributed by atoms with van der Waals surface area (Å²) in [4.78, 5) is 12.2. The molecule has 4 rings (SSSR count). The van der Waals surface area contributed by atoms with E-state index in [-0.39, 0.29) is 11.6 Å². The molecule has 1 aliphatic rings. The van der Waals surface area contributed by atoms with Gasteiger partial charge in [0.1, 0.15) is 11.6 Å². The number of hydrogen-bond acceptors (Lipinski definition) is 4. The first-order chi connectivity index (χ1) is 12.3. The maximum atomic E-state index is 12.9. The van der Waals surface area contributed by atoms with Gasteiger partial charge in [-0.15, -0.1) is 0 Å². The molecule has 5 nitrogen and oxygen atoms in total. The van der Waals surface area contributed by atoms with Gasteiger partial charge in [0.05, 0.1) is 22.8 Å². The van der Waals surface area contributed by atoms with Gasteiger partial charge in [-0.25, -0.2) is 9.97 Å². The zero-order valence-corrected chi connectivity index (χ0v) is 14.0. The Hall–Kier alpha value is -2.61. The fraction of sp³-hybridized carbons (Fsp3) is 0.333. The van der Waals surface area contributed by atoms with E-state index in [9.17, 15) is 18.3 Å². The van der Waals surface area contributed by atoms with Crippen LogP contribution in [0.25, 0.3) is 22.4 Å². The number of imidazole rings is 1. The number of pyridine rings is 1. The lowest BCUT2D eigenvalue weighted by molar-refractivity contribution is -0.137. The van der Waals surface area contributed by atoms with E-state index >= 15 is 0 Å². The fourth-order valence-electron chi connectivity index (χ4n) is 3.40. The third-order valence-corrected chi connectivity index (χ3v) is 4.65. The van der Waals surface area contributed by atoms with E-state index in [4.69, 9.17) is 0 Å². The average Bonchev–Trinajstić information content (AvgIpc) is 3.22. The number of phenols is 1. The summed E-state index contributed by atoms with van der Waals surface area (Å²) in [6.07, 6.45) is -2.44. The number of aromatic nitrogens is 3. The van der Waals surface area contributed by atoms with Gasteiger partial charge in [0, 0.05) is 5.56 Å². The Balaban J connectivity index is 1.77. The summed E-state index contributed by atoms with van der Waals surface area (Å²) in [7, 11) is 0. The fourth-order valence-corrected chi connectivity index (χ4v) is 3.40. The lowest BCUT2D eigenvalue weighted by Gasteiger charge is -2.13. The highest BCUT2D eigenvalue weighted by atomic mass is 19.4. The summed E-state index contributed by atoms with van der Waals surface area (Å²) >= 11 is 0. The number of nitrogens with one attached hydrogen (secondary N) is 2. The summed E-state index contributed by atoms with van der Waals surface area (Å²) in [6, 6.07) is 5.35. The highest BCUT2D eigenvalue weighted by Gasteiger charge is 2.32. The molecule has 1 unspecified atom stereocenters. The first-order valence-electron chi connectivity index (χ1n) is 8.34. The number of aromatic amines is 1. The number of halogens is 3. The number of rotatable bonds is 2. The molecule has 0 aliphatic carbocycles. The topological polar surface area (TPSA) is 73.8 Å². The molecule has 1 atom stereocenters. The second-order valence-electron chi connectivity index (χ2n) is 6.52. The number of nitrogens with zero attached hydrogens (tertiary/aromatic N) is 2. The van der Waals surface area contributed by atoms with Crippen LogP contribution >= 0.6 is 0 Å². The van der Waals surface area contributed by atoms with Gasteiger partial charge in [0.15, 0.2) is 5.65 Å². The molecule has 1 aromatic carbocycles. The molecule has 0 saturated carbocycles. The van der Waals surface area contributed by atoms with Crippen molar-refractivity contribution in [1.82, 2.24) is 20.3 Å². The number of fused-ring (bicyclic) bond motifs is 1. The molecule has 1 aliphatic heterocycles. The molecule has 3 heterocycles. The normalized spacial score (nSPS) is 17.9. The molecule has 3 aromatic rings. The monoisotopic (exact) mass is 362 g/mol. The van der Waals surface area contributed by atoms with Gasteiger partial charge in [0.25, 0.3) is 0 Å². The van der Waals surface area contributed by atoms with Crippen LogP contribution in [0.4, 0.5) is 13.2 Å². The molecule has 2 aromatic heterocycles. The first-order valence-corrected chi connectivity index (χ1v) is 8.34. The molecule has 3 N–H and O–H groups in total. The third kappa shape index (κ3) is 2.90. The van der Waals surface area contributed by atoms with E-state index in [0.717, 1.165) is 42.9 Å². The van der Waals surface area contributed by atoms with Crippen LogP contribution in [-0.2, 0) is 6.18 Å². The van der Waals surface area contributed by atoms with Crippen LogP contribution in [0.3, 0.4) is 0 Å². The Labute approximate surface area is 147 Å². The lowest BCUT2D eigenvalue weighted by atomic mass is 10.0. The zero-order chi connectivity index (χ0) is 18.5. The van der Waals surface area contributed by atoms with Crippen molar-refractivity contribution in [2.45, 2.75) is 32.0 Å². The molecule has 0 amide bonds. The van der Waals surface area contributed by atoms with Crippen LogP contribution in [0.1, 0.15) is 35.8 Å². The van der Waals surface area contributed by atoms with Crippen molar-refractivity contribution >= 4 is 11.2 Å². The third-order valence-electron chi connectivity index (χ3n) is 4.65. The Morgan fingerprint density at radius 3 is 2.65 bits per heavy atom. The largest absolute Gasteiger partial charge is 0.507 e. The molecule has 26 heavy (non-hydrogen) atoms. The van der Waals surface area contributed by atoms with Crippen LogP contribution in [0.15, 0.2) is 24.3 Å². The minimum absolute atomic E-state index is 0.161. The van der Waals surface area contributed by atoms with Crippen molar-refractivity contribution in [3.05, 3.63) is 41.2 Å². The molecular formula is C18H17F3N4O. The van der Waals surface area contributed by atoms with Gasteiger partial charge in [-0.2, -0.15) is 13.2 Å². The summed E-state index contributed by atoms with van der Waals surface area (Å²) in [5.41, 5.74) is 1.32. The number of hydrogen-bond donors (Lipinski definition) is 3. The second-order valence-corrected chi connectivity index (χ2v) is 6.52. The SMILES string of the molecule is Cc1cc(C(F)(F)F)cc(O)c1-c1ccc2[nH]c(C3CCCN3)nc2n1. The van der Waals surface area contributed by atoms with Gasteiger partial charge < -0.3 is 15.4 Å². The second kappa shape index (κ2) is 5.98. The summed E-state index contributed by atoms with van der Waals surface area (Å²) < 4.78 is 38.7. The molecular weight excluding hydrogens is 345 g/mol. The molecule has 0 radical (unpaired) electrons. The predicted octanol–water partition coefficient (Wildman–Crippen LogP) is 4.08. The average molecular weight is 362 g/mol. The Bertz CT molecular complexity index is 951. The predicted molar refractivity (Wildman–Crippen MR) is 90.7 cm³/mol. The molecule has 1 fully saturated rings. The van der Waals surface area contributed by atoms with E-state index in [0.29, 0.717) is 16.9 Å². The van der Waals surface area contributed by atoms with Crippen molar-refractivity contribution in [2.24, 2.45) is 0 Å². The van der Waals surface area contributed by atoms with Gasteiger partial charge in [-0.05, 0) is 56.1 Å². The van der Waals surface area contributed by atoms with Crippen molar-refractivity contribution in [2.75, 3.05) is 6.54 Å². The summed E-state index contributed by atoms with van der Waals surface area (Å²) in [6.45, 7) is 2.47. The molecule has 1 saturated heterocycles. The van der Waals surface area contributed by atoms with Crippen molar-refractivity contribution < 1.29 is 18.3 Å². The highest BCUT2D eigenvalue weighted by Crippen LogP contribution is 2.38. The molecule has 0 spiro atoms. The van der Waals surface area contributed by atoms with E-state index in [1.807, 2.05) is 0 Å². The molecule has 136 valence electrons. The van der Waals surface area contributed by atoms with Gasteiger partial charge >= 0.3 is 6.18 Å². The summed E-state index contributed by atoms with van der Waals surface area (Å²) in [5.74, 6) is 0.355. The van der Waals surface area contributed by atoms with Crippen LogP contribution in [0, 0.1) is 6.92 Å². The van der Waals surface area contributed by atoms with E-state index < -0.39 is 17.5 Å². The van der Waals surface area contributed by atoms with Crippen LogP contribution in [-0.4, -0.2) is 26.6 Å². The maximum absolute atomic E-state index is 12.9. The van der Waals surface area contributed by atoms with E-state index in [1.54, 1.807) is 12.1 Å². The maximum Gasteiger partial charge on any atom is 0.416 e. The summed E-state index contributed by atoms with van der Waals surface area (Å²) in [5, 5.41) is 13.5. The first kappa shape index (κ1) is 16.8. The number of benzene rings is 1. The van der Waals surface area contributed by atoms with Gasteiger partial charge in [-0.3, -0.25) is 0 Å². The zero-order valence-electron chi connectivity index (χ0n) is 14.0. The van der Waals surface area contributed by atoms with Crippen LogP contribution in [0.5, 0.6) is 5.75 Å². The minimum atomic E-state index is -4.51. The van der Waals surface area contributed by atoms with E-state index in [2.05, 4.69) is 20.3 Å². The Morgan fingerprint density at radius 2 is 2.00 bits per heavy atom. The van der Waals surface area contributed by atoms with Crippen molar-refractivity contribution in [3.63, 3.8) is 0 Å². The van der Waals surface area contributed by atoms with Gasteiger partial charge in [-0.1, -0.05) is 0 Å². The number of alkyl halides is 3. The molecule has 8 heteroatoms. The Kier molecular flexibility index (Phi) is 3.87. The van der Waals surface area contributed by atoms with Crippen molar-refractivity contribution in [3.8, 4) is 17.0 Å². The van der Waals surface area contributed by atoms with Crippen molar-refractivity contribution in [1.29, 1.82) is 0 Å². The van der Waals surface area contributed by atoms with Crippen LogP contribution in [0.2, 0.25) is 0 Å². The van der Waals surface area contributed by atoms with Crippen LogP contribution < -0.4 is 5.32 Å². The Morgan fingerprint density at radius 1 is 1.19 bits per heavy atom. The number of aromatic hydroxyl groups is 1. The quantitative estimate of drug-likeness (QED) is 0.642. The standard InChI is InChI=1S/C18H17F3N4O/c1-9-7-10(18(19,20)21)8-14(26)15(9)11-4-5-13-17(23-11)25-16(24-13)12-3-2-6-22-12/h4-5,7-8,12,22,26H,2-3,6H2,1H3,(H,23,24,25). The lowest BCUT2D eigenvalue weighted by Crippen LogP contribution is -2.14. The molecule has 0 bridgehead atoms. The highest BCUT2D eigenvalue weighted by molar-refractivity contribution is 5.79. The van der Waals surface area contributed by atoms with Gasteiger partial charge in [0.2, 0.25) is 0 Å².